The molecular formula is C19H32N6O3. The number of unbranched alkanes of at least 4 members (excludes halogenated alkanes) is 3. The van der Waals surface area contributed by atoms with Crippen LogP contribution in [0, 0.1) is 5.41 Å². The van der Waals surface area contributed by atoms with Crippen molar-refractivity contribution < 1.29 is 14.7 Å². The highest BCUT2D eigenvalue weighted by Gasteiger charge is 2.12. The molecule has 28 heavy (non-hydrogen) atoms. The lowest BCUT2D eigenvalue weighted by Gasteiger charge is -2.09. The van der Waals surface area contributed by atoms with Crippen LogP contribution >= 0.6 is 0 Å². The van der Waals surface area contributed by atoms with Crippen LogP contribution in [0.5, 0.6) is 5.75 Å². The van der Waals surface area contributed by atoms with Crippen molar-refractivity contribution in [3.63, 3.8) is 0 Å². The van der Waals surface area contributed by atoms with Crippen molar-refractivity contribution in [3.8, 4) is 5.75 Å². The molecule has 0 spiro atoms. The standard InChI is InChI=1S/C19H32N6O3/c20-10-5-13-28-16-8-6-15(7-9-16)14-17(25-27)18(26)23-11-3-1-2-4-12-24-19(21)22/h6-9,27H,1-5,10-14,20H2,(H,23,26)(H4,21,22,24). The molecule has 8 N–H and O–H groups in total. The summed E-state index contributed by atoms with van der Waals surface area (Å²) in [6.07, 6.45) is 4.72. The molecular weight excluding hydrogens is 360 g/mol. The van der Waals surface area contributed by atoms with Crippen LogP contribution in [0.3, 0.4) is 0 Å². The van der Waals surface area contributed by atoms with Gasteiger partial charge in [0.15, 0.2) is 5.96 Å². The summed E-state index contributed by atoms with van der Waals surface area (Å²) in [5, 5.41) is 24.9. The maximum Gasteiger partial charge on any atom is 0.269 e. The van der Waals surface area contributed by atoms with Gasteiger partial charge in [-0.25, -0.2) is 0 Å². The van der Waals surface area contributed by atoms with Crippen molar-refractivity contribution in [3.05, 3.63) is 29.8 Å². The van der Waals surface area contributed by atoms with Crippen LogP contribution in [0.15, 0.2) is 29.4 Å². The van der Waals surface area contributed by atoms with Gasteiger partial charge in [0.2, 0.25) is 0 Å². The van der Waals surface area contributed by atoms with Gasteiger partial charge in [0, 0.05) is 19.5 Å². The summed E-state index contributed by atoms with van der Waals surface area (Å²) >= 11 is 0. The second kappa shape index (κ2) is 14.3. The van der Waals surface area contributed by atoms with Gasteiger partial charge < -0.3 is 32.0 Å². The van der Waals surface area contributed by atoms with E-state index in [-0.39, 0.29) is 24.0 Å². The molecule has 0 bridgehead atoms. The number of guanidine groups is 1. The monoisotopic (exact) mass is 392 g/mol. The highest BCUT2D eigenvalue weighted by molar-refractivity contribution is 6.39. The Hall–Kier alpha value is -2.81. The molecule has 0 aromatic heterocycles. The van der Waals surface area contributed by atoms with Gasteiger partial charge in [-0.15, -0.1) is 0 Å². The fraction of sp³-hybridized carbons (Fsp3) is 0.526. The highest BCUT2D eigenvalue weighted by atomic mass is 16.5. The first kappa shape index (κ1) is 23.2. The molecule has 0 saturated heterocycles. The van der Waals surface area contributed by atoms with Crippen molar-refractivity contribution in [1.29, 1.82) is 5.41 Å². The molecule has 0 aliphatic carbocycles. The Morgan fingerprint density at radius 2 is 1.71 bits per heavy atom. The van der Waals surface area contributed by atoms with E-state index in [1.807, 2.05) is 24.3 Å². The lowest BCUT2D eigenvalue weighted by molar-refractivity contribution is -0.115. The Morgan fingerprint density at radius 3 is 2.29 bits per heavy atom. The molecule has 1 aromatic rings. The Labute approximate surface area is 166 Å². The van der Waals surface area contributed by atoms with E-state index in [1.54, 1.807) is 0 Å². The number of nitrogens with two attached hydrogens (primary N) is 2. The van der Waals surface area contributed by atoms with Crippen LogP contribution in [0.4, 0.5) is 0 Å². The summed E-state index contributed by atoms with van der Waals surface area (Å²) in [4.78, 5) is 12.1. The topological polar surface area (TPSA) is 159 Å². The third-order valence-electron chi connectivity index (χ3n) is 4.00. The summed E-state index contributed by atoms with van der Waals surface area (Å²) in [6.45, 7) is 2.35. The minimum absolute atomic E-state index is 0.0168. The molecule has 1 rings (SSSR count). The predicted octanol–water partition coefficient (Wildman–Crippen LogP) is 0.947. The average molecular weight is 393 g/mol. The van der Waals surface area contributed by atoms with Gasteiger partial charge in [-0.3, -0.25) is 10.2 Å². The van der Waals surface area contributed by atoms with Crippen LogP contribution in [-0.2, 0) is 11.2 Å². The Morgan fingerprint density at radius 1 is 1.07 bits per heavy atom. The van der Waals surface area contributed by atoms with Crippen LogP contribution in [0.2, 0.25) is 0 Å². The Kier molecular flexibility index (Phi) is 11.8. The number of hydrogen-bond acceptors (Lipinski definition) is 6. The SMILES string of the molecule is N=C(N)NCCCCCCNC(=O)C(Cc1ccc(OCCCN)cc1)=NO. The zero-order chi connectivity index (χ0) is 20.6. The van der Waals surface area contributed by atoms with E-state index >= 15 is 0 Å². The van der Waals surface area contributed by atoms with Gasteiger partial charge in [-0.1, -0.05) is 30.1 Å². The van der Waals surface area contributed by atoms with Gasteiger partial charge >= 0.3 is 0 Å². The predicted molar refractivity (Wildman–Crippen MR) is 110 cm³/mol. The fourth-order valence-corrected chi connectivity index (χ4v) is 2.46. The first-order chi connectivity index (χ1) is 13.6. The van der Waals surface area contributed by atoms with Crippen molar-refractivity contribution >= 4 is 17.6 Å². The lowest BCUT2D eigenvalue weighted by Crippen LogP contribution is -2.33. The second-order valence-corrected chi connectivity index (χ2v) is 6.37. The van der Waals surface area contributed by atoms with E-state index in [1.165, 1.54) is 0 Å². The average Bonchev–Trinajstić information content (AvgIpc) is 2.69. The zero-order valence-electron chi connectivity index (χ0n) is 16.2. The molecule has 1 aromatic carbocycles. The molecule has 0 radical (unpaired) electrons. The fourth-order valence-electron chi connectivity index (χ4n) is 2.46. The maximum atomic E-state index is 12.1. The zero-order valence-corrected chi connectivity index (χ0v) is 16.2. The first-order valence-corrected chi connectivity index (χ1v) is 9.55. The molecule has 9 heteroatoms. The largest absolute Gasteiger partial charge is 0.494 e. The number of rotatable bonds is 14. The van der Waals surface area contributed by atoms with E-state index in [9.17, 15) is 4.79 Å². The number of amides is 1. The maximum absolute atomic E-state index is 12.1. The Bertz CT molecular complexity index is 619. The quantitative estimate of drug-likeness (QED) is 0.0909. The summed E-state index contributed by atoms with van der Waals surface area (Å²) < 4.78 is 5.53. The number of carbonyl (C=O) groups excluding carboxylic acids is 1. The highest BCUT2D eigenvalue weighted by Crippen LogP contribution is 2.13. The van der Waals surface area contributed by atoms with Gasteiger partial charge in [0.1, 0.15) is 11.5 Å². The van der Waals surface area contributed by atoms with Gasteiger partial charge in [0.05, 0.1) is 6.61 Å². The second-order valence-electron chi connectivity index (χ2n) is 6.37. The molecule has 0 saturated carbocycles. The van der Waals surface area contributed by atoms with Gasteiger partial charge in [-0.05, 0) is 43.5 Å². The number of oxime groups is 1. The van der Waals surface area contributed by atoms with E-state index < -0.39 is 0 Å². The van der Waals surface area contributed by atoms with Crippen molar-refractivity contribution in [2.75, 3.05) is 26.2 Å². The third-order valence-corrected chi connectivity index (χ3v) is 4.00. The van der Waals surface area contributed by atoms with Crippen LogP contribution in [-0.4, -0.2) is 49.0 Å². The normalized spacial score (nSPS) is 11.1. The van der Waals surface area contributed by atoms with E-state index in [0.717, 1.165) is 43.4 Å². The van der Waals surface area contributed by atoms with Crippen molar-refractivity contribution in [1.82, 2.24) is 10.6 Å². The Balaban J connectivity index is 2.27. The van der Waals surface area contributed by atoms with Crippen LogP contribution in [0.25, 0.3) is 0 Å². The van der Waals surface area contributed by atoms with E-state index in [0.29, 0.717) is 26.2 Å². The van der Waals surface area contributed by atoms with Crippen molar-refractivity contribution in [2.45, 2.75) is 38.5 Å². The summed E-state index contributed by atoms with van der Waals surface area (Å²) in [6, 6.07) is 7.32. The molecule has 0 atom stereocenters. The number of nitrogens with zero attached hydrogens (tertiary/aromatic N) is 1. The molecule has 0 aliphatic rings. The molecule has 0 aliphatic heterocycles. The van der Waals surface area contributed by atoms with E-state index in [4.69, 9.17) is 26.8 Å². The number of ether oxygens (including phenoxy) is 1. The summed E-state index contributed by atoms with van der Waals surface area (Å²) in [5.74, 6) is 0.350. The van der Waals surface area contributed by atoms with Crippen molar-refractivity contribution in [2.24, 2.45) is 16.6 Å². The number of nitrogens with one attached hydrogen (secondary N) is 3. The molecule has 0 fully saturated rings. The van der Waals surface area contributed by atoms with Gasteiger partial charge in [0.25, 0.3) is 5.91 Å². The van der Waals surface area contributed by atoms with Gasteiger partial charge in [-0.2, -0.15) is 0 Å². The minimum atomic E-state index is -0.371. The molecule has 1 amide bonds. The first-order valence-electron chi connectivity index (χ1n) is 9.55. The number of carbonyl (C=O) groups is 1. The lowest BCUT2D eigenvalue weighted by atomic mass is 10.1. The minimum Gasteiger partial charge on any atom is -0.494 e. The van der Waals surface area contributed by atoms with Crippen LogP contribution in [0.1, 0.15) is 37.7 Å². The smallest absolute Gasteiger partial charge is 0.269 e. The van der Waals surface area contributed by atoms with E-state index in [2.05, 4.69) is 15.8 Å². The molecule has 0 unspecified atom stereocenters. The molecule has 156 valence electrons. The van der Waals surface area contributed by atoms with Crippen LogP contribution < -0.4 is 26.8 Å². The summed E-state index contributed by atoms with van der Waals surface area (Å²) in [7, 11) is 0. The summed E-state index contributed by atoms with van der Waals surface area (Å²) in [5.41, 5.74) is 11.6. The number of benzene rings is 1. The third kappa shape index (κ3) is 10.4. The number of hydrogen-bond donors (Lipinski definition) is 6. The molecule has 0 heterocycles. The molecule has 9 nitrogen and oxygen atoms in total.